The lowest BCUT2D eigenvalue weighted by atomic mass is 10.5. The van der Waals surface area contributed by atoms with Crippen LogP contribution >= 0.6 is 24.0 Å². The standard InChI is InChI=1S/C6H10N4O.HI/c7-6(10-8)9-4-5-2-1-3-11-5;/h1-3H,4,8H2,(H3,7,9,10);1H. The maximum Gasteiger partial charge on any atom is 0.203 e. The molecule has 0 fully saturated rings. The minimum atomic E-state index is 0. The molecule has 0 aliphatic carbocycles. The summed E-state index contributed by atoms with van der Waals surface area (Å²) in [5.41, 5.74) is 7.48. The summed E-state index contributed by atoms with van der Waals surface area (Å²) in [6.45, 7) is 0.406. The third-order valence-corrected chi connectivity index (χ3v) is 1.13. The van der Waals surface area contributed by atoms with Gasteiger partial charge in [0, 0.05) is 0 Å². The Hall–Kier alpha value is -0.760. The molecule has 1 heterocycles. The van der Waals surface area contributed by atoms with Gasteiger partial charge in [-0.3, -0.25) is 5.43 Å². The van der Waals surface area contributed by atoms with E-state index < -0.39 is 0 Å². The monoisotopic (exact) mass is 282 g/mol. The highest BCUT2D eigenvalue weighted by Crippen LogP contribution is 2.00. The third kappa shape index (κ3) is 3.58. The van der Waals surface area contributed by atoms with Crippen molar-refractivity contribution >= 4 is 29.9 Å². The molecule has 0 amide bonds. The number of halogens is 1. The summed E-state index contributed by atoms with van der Waals surface area (Å²) in [5, 5.41) is 0. The van der Waals surface area contributed by atoms with E-state index in [1.165, 1.54) is 0 Å². The van der Waals surface area contributed by atoms with Crippen molar-refractivity contribution in [1.29, 1.82) is 0 Å². The van der Waals surface area contributed by atoms with Gasteiger partial charge in [0.2, 0.25) is 5.96 Å². The first-order valence-electron chi connectivity index (χ1n) is 3.12. The Labute approximate surface area is 87.2 Å². The molecule has 0 atom stereocenters. The van der Waals surface area contributed by atoms with E-state index in [0.717, 1.165) is 5.76 Å². The highest BCUT2D eigenvalue weighted by atomic mass is 127. The highest BCUT2D eigenvalue weighted by molar-refractivity contribution is 14.0. The summed E-state index contributed by atoms with van der Waals surface area (Å²) in [4.78, 5) is 3.85. The molecule has 0 spiro atoms. The molecule has 5 nitrogen and oxygen atoms in total. The molecule has 1 rings (SSSR count). The SMILES string of the molecule is I.NNC(N)=NCc1ccco1. The topological polar surface area (TPSA) is 89.6 Å². The summed E-state index contributed by atoms with van der Waals surface area (Å²) in [6.07, 6.45) is 1.58. The van der Waals surface area contributed by atoms with Crippen LogP contribution in [0.15, 0.2) is 27.8 Å². The van der Waals surface area contributed by atoms with Crippen LogP contribution in [0.2, 0.25) is 0 Å². The molecule has 0 unspecified atom stereocenters. The van der Waals surface area contributed by atoms with Gasteiger partial charge < -0.3 is 10.2 Å². The number of guanidine groups is 1. The lowest BCUT2D eigenvalue weighted by molar-refractivity contribution is 0.512. The minimum absolute atomic E-state index is 0. The van der Waals surface area contributed by atoms with Gasteiger partial charge in [0.1, 0.15) is 12.3 Å². The normalized spacial score (nSPS) is 10.6. The second kappa shape index (κ2) is 5.84. The molecule has 1 aromatic heterocycles. The van der Waals surface area contributed by atoms with Gasteiger partial charge in [-0.2, -0.15) is 0 Å². The molecule has 0 aliphatic rings. The molecule has 0 radical (unpaired) electrons. The van der Waals surface area contributed by atoms with Crippen LogP contribution in [0.1, 0.15) is 5.76 Å². The van der Waals surface area contributed by atoms with Gasteiger partial charge >= 0.3 is 0 Å². The maximum atomic E-state index is 5.26. The number of rotatable bonds is 2. The fraction of sp³-hybridized carbons (Fsp3) is 0.167. The Kier molecular flexibility index (Phi) is 5.47. The largest absolute Gasteiger partial charge is 0.467 e. The first-order valence-corrected chi connectivity index (χ1v) is 3.12. The lowest BCUT2D eigenvalue weighted by Crippen LogP contribution is -2.37. The van der Waals surface area contributed by atoms with Crippen molar-refractivity contribution in [3.05, 3.63) is 24.2 Å². The van der Waals surface area contributed by atoms with Crippen molar-refractivity contribution < 1.29 is 4.42 Å². The molecule has 0 saturated carbocycles. The summed E-state index contributed by atoms with van der Waals surface area (Å²) in [7, 11) is 0. The minimum Gasteiger partial charge on any atom is -0.467 e. The van der Waals surface area contributed by atoms with Crippen LogP contribution in [0, 0.1) is 0 Å². The Morgan fingerprint density at radius 3 is 2.92 bits per heavy atom. The Balaban J connectivity index is 0.00000121. The summed E-state index contributed by atoms with van der Waals surface area (Å²) in [5.74, 6) is 5.92. The van der Waals surface area contributed by atoms with E-state index in [1.54, 1.807) is 12.3 Å². The maximum absolute atomic E-state index is 5.26. The number of nitrogens with one attached hydrogen (secondary N) is 1. The molecule has 0 aromatic carbocycles. The van der Waals surface area contributed by atoms with Gasteiger partial charge in [-0.15, -0.1) is 24.0 Å². The molecule has 12 heavy (non-hydrogen) atoms. The fourth-order valence-electron chi connectivity index (χ4n) is 0.611. The number of hydrogen-bond donors (Lipinski definition) is 3. The van der Waals surface area contributed by atoms with E-state index in [9.17, 15) is 0 Å². The zero-order valence-corrected chi connectivity index (χ0v) is 8.69. The number of hydrogen-bond acceptors (Lipinski definition) is 3. The first kappa shape index (κ1) is 11.2. The van der Waals surface area contributed by atoms with Crippen LogP contribution in [0.3, 0.4) is 0 Å². The molecule has 0 bridgehead atoms. The van der Waals surface area contributed by atoms with Crippen LogP contribution in [-0.2, 0) is 6.54 Å². The zero-order valence-electron chi connectivity index (χ0n) is 6.36. The number of nitrogens with zero attached hydrogens (tertiary/aromatic N) is 1. The number of furan rings is 1. The molecule has 5 N–H and O–H groups in total. The van der Waals surface area contributed by atoms with Crippen LogP contribution in [-0.4, -0.2) is 5.96 Å². The first-order chi connectivity index (χ1) is 5.33. The molecule has 0 saturated heterocycles. The average Bonchev–Trinajstić information content (AvgIpc) is 2.52. The Morgan fingerprint density at radius 1 is 1.67 bits per heavy atom. The predicted octanol–water partition coefficient (Wildman–Crippen LogP) is 0.176. The van der Waals surface area contributed by atoms with Crippen molar-refractivity contribution in [1.82, 2.24) is 5.43 Å². The molecule has 68 valence electrons. The Bertz CT molecular complexity index is 234. The van der Waals surface area contributed by atoms with Gasteiger partial charge in [-0.1, -0.05) is 0 Å². The Morgan fingerprint density at radius 2 is 2.42 bits per heavy atom. The number of hydrazine groups is 1. The molecule has 6 heteroatoms. The zero-order chi connectivity index (χ0) is 8.10. The summed E-state index contributed by atoms with van der Waals surface area (Å²) >= 11 is 0. The van der Waals surface area contributed by atoms with Gasteiger partial charge in [-0.05, 0) is 12.1 Å². The number of nitrogens with two attached hydrogens (primary N) is 2. The van der Waals surface area contributed by atoms with Crippen molar-refractivity contribution in [3.63, 3.8) is 0 Å². The second-order valence-corrected chi connectivity index (χ2v) is 1.93. The summed E-state index contributed by atoms with van der Waals surface area (Å²) < 4.78 is 5.00. The van der Waals surface area contributed by atoms with E-state index in [4.69, 9.17) is 16.0 Å². The van der Waals surface area contributed by atoms with Crippen molar-refractivity contribution in [2.45, 2.75) is 6.54 Å². The average molecular weight is 282 g/mol. The fourth-order valence-corrected chi connectivity index (χ4v) is 0.611. The van der Waals surface area contributed by atoms with E-state index in [-0.39, 0.29) is 29.9 Å². The highest BCUT2D eigenvalue weighted by Gasteiger charge is 1.92. The van der Waals surface area contributed by atoms with Crippen LogP contribution in [0.25, 0.3) is 0 Å². The van der Waals surface area contributed by atoms with Crippen LogP contribution < -0.4 is 17.0 Å². The van der Waals surface area contributed by atoms with E-state index in [1.807, 2.05) is 6.07 Å². The number of aliphatic imine (C=N–C) groups is 1. The van der Waals surface area contributed by atoms with E-state index in [2.05, 4.69) is 10.4 Å². The molecule has 0 aliphatic heterocycles. The van der Waals surface area contributed by atoms with E-state index >= 15 is 0 Å². The van der Waals surface area contributed by atoms with Crippen molar-refractivity contribution in [3.8, 4) is 0 Å². The molecular weight excluding hydrogens is 271 g/mol. The van der Waals surface area contributed by atoms with E-state index in [0.29, 0.717) is 6.54 Å². The van der Waals surface area contributed by atoms with Gasteiger partial charge in [0.25, 0.3) is 0 Å². The third-order valence-electron chi connectivity index (χ3n) is 1.13. The van der Waals surface area contributed by atoms with Crippen LogP contribution in [0.4, 0.5) is 0 Å². The molecular formula is C6H11IN4O. The van der Waals surface area contributed by atoms with Crippen LogP contribution in [0.5, 0.6) is 0 Å². The van der Waals surface area contributed by atoms with Gasteiger partial charge in [0.15, 0.2) is 0 Å². The predicted molar refractivity (Wildman–Crippen MR) is 56.8 cm³/mol. The van der Waals surface area contributed by atoms with Gasteiger partial charge in [-0.25, -0.2) is 10.8 Å². The summed E-state index contributed by atoms with van der Waals surface area (Å²) in [6, 6.07) is 3.60. The van der Waals surface area contributed by atoms with Gasteiger partial charge in [0.05, 0.1) is 6.26 Å². The van der Waals surface area contributed by atoms with Crippen molar-refractivity contribution in [2.24, 2.45) is 16.6 Å². The molecule has 1 aromatic rings. The quantitative estimate of drug-likeness (QED) is 0.237. The second-order valence-electron chi connectivity index (χ2n) is 1.93. The smallest absolute Gasteiger partial charge is 0.203 e. The van der Waals surface area contributed by atoms with Crippen molar-refractivity contribution in [2.75, 3.05) is 0 Å². The lowest BCUT2D eigenvalue weighted by Gasteiger charge is -1.95.